The second-order valence-electron chi connectivity index (χ2n) is 5.80. The van der Waals surface area contributed by atoms with E-state index in [1.54, 1.807) is 6.07 Å². The van der Waals surface area contributed by atoms with Gasteiger partial charge in [0.2, 0.25) is 0 Å². The molecular formula is C16H19ClN2O2. The van der Waals surface area contributed by atoms with Crippen molar-refractivity contribution in [3.8, 4) is 0 Å². The van der Waals surface area contributed by atoms with Crippen LogP contribution >= 0.6 is 11.6 Å². The van der Waals surface area contributed by atoms with Crippen LogP contribution in [0.4, 0.5) is 0 Å². The maximum Gasteiger partial charge on any atom is 0.280 e. The minimum Gasteiger partial charge on any atom is -0.383 e. The van der Waals surface area contributed by atoms with Crippen LogP contribution in [0.1, 0.15) is 30.1 Å². The molecule has 1 saturated heterocycles. The largest absolute Gasteiger partial charge is 0.383 e. The number of nitrogens with zero attached hydrogens (tertiary/aromatic N) is 1. The van der Waals surface area contributed by atoms with Crippen molar-refractivity contribution in [3.05, 3.63) is 57.0 Å². The molecule has 0 saturated carbocycles. The topological polar surface area (TPSA) is 49.2 Å². The number of nitrogens with one attached hydrogen (secondary N) is 1. The summed E-state index contributed by atoms with van der Waals surface area (Å²) in [5.74, 6) is 1.10. The normalized spacial score (nSPS) is 23.3. The number of likely N-dealkylation sites (tertiary alicyclic amines) is 1. The zero-order valence-electron chi connectivity index (χ0n) is 12.0. The fraction of sp³-hybridized carbons (Fsp3) is 0.438. The van der Waals surface area contributed by atoms with Gasteiger partial charge in [-0.1, -0.05) is 23.7 Å². The maximum absolute atomic E-state index is 11.2. The fourth-order valence-electron chi connectivity index (χ4n) is 3.06. The molecule has 4 nitrogen and oxygen atoms in total. The number of piperidine rings is 1. The summed E-state index contributed by atoms with van der Waals surface area (Å²) in [4.78, 5) is 13.6. The Hall–Kier alpha value is -1.52. The predicted octanol–water partition coefficient (Wildman–Crippen LogP) is 3.04. The zero-order chi connectivity index (χ0) is 14.8. The Morgan fingerprint density at radius 3 is 2.81 bits per heavy atom. The highest BCUT2D eigenvalue weighted by molar-refractivity contribution is 6.30. The van der Waals surface area contributed by atoms with Crippen LogP contribution < -0.4 is 5.56 Å². The standard InChI is InChI=1S/C16H19ClN2O2/c1-19-7-6-12(15-10-16(20)18-21-15)9-14(19)8-11-2-4-13(17)5-3-11/h2-5,10,12,14H,6-9H2,1H3,(H,18,20)/t12-,14-/m1/s1. The molecule has 2 aromatic rings. The Balaban J connectivity index is 1.71. The van der Waals surface area contributed by atoms with Gasteiger partial charge in [-0.25, -0.2) is 0 Å². The molecule has 5 heteroatoms. The first-order valence-electron chi connectivity index (χ1n) is 7.25. The number of benzene rings is 1. The molecule has 0 spiro atoms. The minimum absolute atomic E-state index is 0.154. The molecule has 1 aliphatic rings. The molecule has 2 heterocycles. The Labute approximate surface area is 128 Å². The summed E-state index contributed by atoms with van der Waals surface area (Å²) in [7, 11) is 2.16. The number of halogens is 1. The maximum atomic E-state index is 11.2. The number of hydrogen-bond acceptors (Lipinski definition) is 3. The molecule has 0 amide bonds. The molecule has 1 N–H and O–H groups in total. The Morgan fingerprint density at radius 1 is 1.38 bits per heavy atom. The quantitative estimate of drug-likeness (QED) is 0.948. The molecular weight excluding hydrogens is 288 g/mol. The van der Waals surface area contributed by atoms with Crippen LogP contribution in [0.25, 0.3) is 0 Å². The van der Waals surface area contributed by atoms with Gasteiger partial charge in [-0.05, 0) is 50.6 Å². The second kappa shape index (κ2) is 6.08. The number of rotatable bonds is 3. The first kappa shape index (κ1) is 14.4. The first-order valence-corrected chi connectivity index (χ1v) is 7.62. The predicted molar refractivity (Wildman–Crippen MR) is 82.9 cm³/mol. The van der Waals surface area contributed by atoms with E-state index in [0.717, 1.165) is 36.6 Å². The summed E-state index contributed by atoms with van der Waals surface area (Å²) in [6.45, 7) is 1.01. The van der Waals surface area contributed by atoms with Gasteiger partial charge < -0.3 is 9.42 Å². The summed E-state index contributed by atoms with van der Waals surface area (Å²) >= 11 is 5.93. The Bertz CT molecular complexity index is 647. The molecule has 1 aromatic carbocycles. The van der Waals surface area contributed by atoms with E-state index < -0.39 is 0 Å². The van der Waals surface area contributed by atoms with Gasteiger partial charge in [-0.15, -0.1) is 0 Å². The summed E-state index contributed by atoms with van der Waals surface area (Å²) in [5.41, 5.74) is 1.13. The van der Waals surface area contributed by atoms with Crippen molar-refractivity contribution in [1.29, 1.82) is 0 Å². The molecule has 3 rings (SSSR count). The van der Waals surface area contributed by atoms with Gasteiger partial charge in [0.15, 0.2) is 0 Å². The van der Waals surface area contributed by atoms with Gasteiger partial charge >= 0.3 is 0 Å². The van der Waals surface area contributed by atoms with E-state index in [9.17, 15) is 4.79 Å². The van der Waals surface area contributed by atoms with Gasteiger partial charge in [0.05, 0.1) is 0 Å². The van der Waals surface area contributed by atoms with E-state index in [-0.39, 0.29) is 5.56 Å². The zero-order valence-corrected chi connectivity index (χ0v) is 12.8. The highest BCUT2D eigenvalue weighted by atomic mass is 35.5. The highest BCUT2D eigenvalue weighted by Crippen LogP contribution is 2.31. The van der Waals surface area contributed by atoms with Crippen molar-refractivity contribution in [2.24, 2.45) is 0 Å². The molecule has 1 fully saturated rings. The third kappa shape index (κ3) is 3.39. The van der Waals surface area contributed by atoms with Crippen LogP contribution in [0, 0.1) is 0 Å². The summed E-state index contributed by atoms with van der Waals surface area (Å²) in [6, 6.07) is 10.1. The van der Waals surface area contributed by atoms with Crippen molar-refractivity contribution in [2.75, 3.05) is 13.6 Å². The molecule has 112 valence electrons. The molecule has 1 aromatic heterocycles. The molecule has 2 atom stereocenters. The van der Waals surface area contributed by atoms with Crippen molar-refractivity contribution < 1.29 is 4.52 Å². The van der Waals surface area contributed by atoms with Crippen LogP contribution in [0.15, 0.2) is 39.6 Å². The number of H-pyrrole nitrogens is 1. The SMILES string of the molecule is CN1CC[C@@H](c2cc(=O)[nH]o2)C[C@H]1Cc1ccc(Cl)cc1. The molecule has 0 bridgehead atoms. The average molecular weight is 307 g/mol. The molecule has 0 radical (unpaired) electrons. The van der Waals surface area contributed by atoms with Crippen molar-refractivity contribution in [1.82, 2.24) is 10.1 Å². The lowest BCUT2D eigenvalue weighted by Crippen LogP contribution is -2.40. The minimum atomic E-state index is -0.154. The molecule has 0 aliphatic carbocycles. The van der Waals surface area contributed by atoms with Gasteiger partial charge in [0, 0.05) is 23.0 Å². The monoisotopic (exact) mass is 306 g/mol. The molecule has 0 unspecified atom stereocenters. The number of aromatic amines is 1. The third-order valence-electron chi connectivity index (χ3n) is 4.34. The number of likely N-dealkylation sites (N-methyl/N-ethyl adjacent to an activating group) is 1. The van der Waals surface area contributed by atoms with E-state index in [1.165, 1.54) is 5.56 Å². The summed E-state index contributed by atoms with van der Waals surface area (Å²) in [6.07, 6.45) is 3.01. The molecule has 21 heavy (non-hydrogen) atoms. The van der Waals surface area contributed by atoms with Crippen LogP contribution in [0.5, 0.6) is 0 Å². The van der Waals surface area contributed by atoms with Crippen LogP contribution in [-0.2, 0) is 6.42 Å². The lowest BCUT2D eigenvalue weighted by atomic mass is 9.86. The van der Waals surface area contributed by atoms with Gasteiger partial charge in [0.25, 0.3) is 5.56 Å². The van der Waals surface area contributed by atoms with Crippen LogP contribution in [0.2, 0.25) is 5.02 Å². The first-order chi connectivity index (χ1) is 10.1. The van der Waals surface area contributed by atoms with E-state index in [1.807, 2.05) is 12.1 Å². The lowest BCUT2D eigenvalue weighted by molar-refractivity contribution is 0.155. The molecule has 1 aliphatic heterocycles. The van der Waals surface area contributed by atoms with E-state index in [2.05, 4.69) is 29.2 Å². The van der Waals surface area contributed by atoms with E-state index in [4.69, 9.17) is 16.1 Å². The van der Waals surface area contributed by atoms with E-state index >= 15 is 0 Å². The number of aromatic nitrogens is 1. The third-order valence-corrected chi connectivity index (χ3v) is 4.59. The van der Waals surface area contributed by atoms with Crippen molar-refractivity contribution in [3.63, 3.8) is 0 Å². The van der Waals surface area contributed by atoms with Gasteiger partial charge in [-0.2, -0.15) is 5.16 Å². The Morgan fingerprint density at radius 2 is 2.14 bits per heavy atom. The van der Waals surface area contributed by atoms with Crippen molar-refractivity contribution >= 4 is 11.6 Å². The van der Waals surface area contributed by atoms with Gasteiger partial charge in [-0.3, -0.25) is 4.79 Å². The second-order valence-corrected chi connectivity index (χ2v) is 6.24. The number of hydrogen-bond donors (Lipinski definition) is 1. The average Bonchev–Trinajstić information content (AvgIpc) is 2.90. The van der Waals surface area contributed by atoms with Crippen LogP contribution in [-0.4, -0.2) is 29.7 Å². The fourth-order valence-corrected chi connectivity index (χ4v) is 3.18. The highest BCUT2D eigenvalue weighted by Gasteiger charge is 2.29. The van der Waals surface area contributed by atoms with Crippen molar-refractivity contribution in [2.45, 2.75) is 31.2 Å². The Kier molecular flexibility index (Phi) is 4.17. The van der Waals surface area contributed by atoms with Crippen LogP contribution in [0.3, 0.4) is 0 Å². The summed E-state index contributed by atoms with van der Waals surface area (Å²) < 4.78 is 5.28. The van der Waals surface area contributed by atoms with Gasteiger partial charge in [0.1, 0.15) is 5.76 Å². The smallest absolute Gasteiger partial charge is 0.280 e. The summed E-state index contributed by atoms with van der Waals surface area (Å²) in [5, 5.41) is 3.16. The van der Waals surface area contributed by atoms with E-state index in [0.29, 0.717) is 12.0 Å². The lowest BCUT2D eigenvalue weighted by Gasteiger charge is -2.36.